The Labute approximate surface area is 80.3 Å². The van der Waals surface area contributed by atoms with Crippen LogP contribution >= 0.6 is 12.4 Å². The van der Waals surface area contributed by atoms with Crippen molar-refractivity contribution < 1.29 is 4.74 Å². The maximum atomic E-state index is 6.04. The summed E-state index contributed by atoms with van der Waals surface area (Å²) in [4.78, 5) is 0. The van der Waals surface area contributed by atoms with E-state index >= 15 is 0 Å². The standard InChI is InChI=1S/C9H17NO.ClH/c10-9(3-4-9)7-8-1-5-11-6-2-8;/h8H,1-7,10H2;1H. The second kappa shape index (κ2) is 3.95. The highest BCUT2D eigenvalue weighted by Gasteiger charge is 2.39. The van der Waals surface area contributed by atoms with Crippen LogP contribution in [0.3, 0.4) is 0 Å². The number of hydrogen-bond donors (Lipinski definition) is 1. The molecule has 0 atom stereocenters. The molecule has 2 fully saturated rings. The second-order valence-corrected chi connectivity index (χ2v) is 4.12. The van der Waals surface area contributed by atoms with Gasteiger partial charge in [0.1, 0.15) is 0 Å². The van der Waals surface area contributed by atoms with Crippen LogP contribution in [-0.4, -0.2) is 18.8 Å². The molecule has 1 heterocycles. The lowest BCUT2D eigenvalue weighted by atomic mass is 9.92. The molecule has 1 aliphatic carbocycles. The zero-order chi connectivity index (χ0) is 7.73. The van der Waals surface area contributed by atoms with Crippen molar-refractivity contribution in [3.63, 3.8) is 0 Å². The van der Waals surface area contributed by atoms with Crippen LogP contribution in [0.4, 0.5) is 0 Å². The summed E-state index contributed by atoms with van der Waals surface area (Å²) in [7, 11) is 0. The molecule has 0 unspecified atom stereocenters. The number of ether oxygens (including phenoxy) is 1. The van der Waals surface area contributed by atoms with Gasteiger partial charge in [0, 0.05) is 18.8 Å². The Morgan fingerprint density at radius 2 is 1.83 bits per heavy atom. The smallest absolute Gasteiger partial charge is 0.0468 e. The molecule has 0 aromatic carbocycles. The topological polar surface area (TPSA) is 35.2 Å². The highest BCUT2D eigenvalue weighted by molar-refractivity contribution is 5.85. The number of nitrogens with two attached hydrogens (primary N) is 1. The Balaban J connectivity index is 0.000000720. The van der Waals surface area contributed by atoms with Gasteiger partial charge in [-0.1, -0.05) is 0 Å². The van der Waals surface area contributed by atoms with Gasteiger partial charge in [0.15, 0.2) is 0 Å². The molecule has 12 heavy (non-hydrogen) atoms. The lowest BCUT2D eigenvalue weighted by Gasteiger charge is -2.24. The molecule has 72 valence electrons. The summed E-state index contributed by atoms with van der Waals surface area (Å²) in [5.41, 5.74) is 6.29. The fraction of sp³-hybridized carbons (Fsp3) is 1.00. The SMILES string of the molecule is Cl.NC1(CC2CCOCC2)CC1. The van der Waals surface area contributed by atoms with Crippen molar-refractivity contribution in [2.45, 2.75) is 37.6 Å². The van der Waals surface area contributed by atoms with Crippen molar-refractivity contribution in [1.29, 1.82) is 0 Å². The minimum atomic E-state index is 0. The molecule has 0 aromatic heterocycles. The molecule has 0 spiro atoms. The quantitative estimate of drug-likeness (QED) is 0.722. The molecule has 0 radical (unpaired) electrons. The van der Waals surface area contributed by atoms with Gasteiger partial charge in [0.25, 0.3) is 0 Å². The van der Waals surface area contributed by atoms with E-state index in [1.54, 1.807) is 0 Å². The summed E-state index contributed by atoms with van der Waals surface area (Å²) in [6.45, 7) is 1.92. The van der Waals surface area contributed by atoms with Crippen LogP contribution in [0, 0.1) is 5.92 Å². The average Bonchev–Trinajstić information content (AvgIpc) is 2.70. The molecule has 2 nitrogen and oxygen atoms in total. The number of halogens is 1. The molecule has 2 N–H and O–H groups in total. The molecular formula is C9H18ClNO. The molecule has 1 saturated heterocycles. The monoisotopic (exact) mass is 191 g/mol. The van der Waals surface area contributed by atoms with Gasteiger partial charge in [-0.05, 0) is 38.0 Å². The fourth-order valence-electron chi connectivity index (χ4n) is 1.89. The van der Waals surface area contributed by atoms with Gasteiger partial charge in [0.2, 0.25) is 0 Å². The molecule has 0 aromatic rings. The summed E-state index contributed by atoms with van der Waals surface area (Å²) in [5, 5.41) is 0. The summed E-state index contributed by atoms with van der Waals surface area (Å²) in [6.07, 6.45) is 6.23. The van der Waals surface area contributed by atoms with Gasteiger partial charge in [0.05, 0.1) is 0 Å². The van der Waals surface area contributed by atoms with Crippen molar-refractivity contribution in [2.24, 2.45) is 11.7 Å². The first-order chi connectivity index (χ1) is 5.29. The molecule has 2 rings (SSSR count). The third kappa shape index (κ3) is 2.61. The van der Waals surface area contributed by atoms with E-state index in [0.29, 0.717) is 0 Å². The fourth-order valence-corrected chi connectivity index (χ4v) is 1.89. The van der Waals surface area contributed by atoms with E-state index < -0.39 is 0 Å². The van der Waals surface area contributed by atoms with Crippen LogP contribution in [0.15, 0.2) is 0 Å². The van der Waals surface area contributed by atoms with Crippen LogP contribution in [0.25, 0.3) is 0 Å². The van der Waals surface area contributed by atoms with E-state index in [1.807, 2.05) is 0 Å². The van der Waals surface area contributed by atoms with E-state index in [-0.39, 0.29) is 17.9 Å². The third-order valence-electron chi connectivity index (χ3n) is 2.93. The Kier molecular flexibility index (Phi) is 3.38. The van der Waals surface area contributed by atoms with E-state index in [2.05, 4.69) is 0 Å². The van der Waals surface area contributed by atoms with Crippen LogP contribution < -0.4 is 5.73 Å². The van der Waals surface area contributed by atoms with Gasteiger partial charge < -0.3 is 10.5 Å². The van der Waals surface area contributed by atoms with Crippen LogP contribution in [0.1, 0.15) is 32.1 Å². The predicted octanol–water partition coefficient (Wildman–Crippen LogP) is 1.72. The Morgan fingerprint density at radius 3 is 2.33 bits per heavy atom. The minimum Gasteiger partial charge on any atom is -0.381 e. The normalized spacial score (nSPS) is 27.8. The Hall–Kier alpha value is 0.210. The van der Waals surface area contributed by atoms with Crippen LogP contribution in [-0.2, 0) is 4.74 Å². The zero-order valence-electron chi connectivity index (χ0n) is 7.42. The van der Waals surface area contributed by atoms with Crippen molar-refractivity contribution in [3.05, 3.63) is 0 Å². The second-order valence-electron chi connectivity index (χ2n) is 4.12. The first kappa shape index (κ1) is 10.3. The molecule has 0 amide bonds. The van der Waals surface area contributed by atoms with Gasteiger partial charge in [-0.25, -0.2) is 0 Å². The van der Waals surface area contributed by atoms with E-state index in [4.69, 9.17) is 10.5 Å². The van der Waals surface area contributed by atoms with Crippen molar-refractivity contribution in [1.82, 2.24) is 0 Å². The molecular weight excluding hydrogens is 174 g/mol. The van der Waals surface area contributed by atoms with Crippen LogP contribution in [0.5, 0.6) is 0 Å². The lowest BCUT2D eigenvalue weighted by molar-refractivity contribution is 0.0610. The maximum absolute atomic E-state index is 6.04. The summed E-state index contributed by atoms with van der Waals surface area (Å²) >= 11 is 0. The van der Waals surface area contributed by atoms with Gasteiger partial charge in [-0.15, -0.1) is 12.4 Å². The summed E-state index contributed by atoms with van der Waals surface area (Å²) < 4.78 is 5.29. The molecule has 1 saturated carbocycles. The van der Waals surface area contributed by atoms with E-state index in [0.717, 1.165) is 19.1 Å². The molecule has 0 bridgehead atoms. The Bertz CT molecular complexity index is 141. The largest absolute Gasteiger partial charge is 0.381 e. The first-order valence-corrected chi connectivity index (χ1v) is 4.65. The maximum Gasteiger partial charge on any atom is 0.0468 e. The molecule has 3 heteroatoms. The molecule has 1 aliphatic heterocycles. The van der Waals surface area contributed by atoms with E-state index in [1.165, 1.54) is 32.1 Å². The van der Waals surface area contributed by atoms with Gasteiger partial charge in [-0.3, -0.25) is 0 Å². The zero-order valence-corrected chi connectivity index (χ0v) is 8.24. The summed E-state index contributed by atoms with van der Waals surface area (Å²) in [5.74, 6) is 0.858. The van der Waals surface area contributed by atoms with Gasteiger partial charge >= 0.3 is 0 Å². The number of hydrogen-bond acceptors (Lipinski definition) is 2. The van der Waals surface area contributed by atoms with Crippen molar-refractivity contribution in [2.75, 3.05) is 13.2 Å². The highest BCUT2D eigenvalue weighted by atomic mass is 35.5. The van der Waals surface area contributed by atoms with E-state index in [9.17, 15) is 0 Å². The summed E-state index contributed by atoms with van der Waals surface area (Å²) in [6, 6.07) is 0. The lowest BCUT2D eigenvalue weighted by Crippen LogP contribution is -2.28. The van der Waals surface area contributed by atoms with Gasteiger partial charge in [-0.2, -0.15) is 0 Å². The molecule has 2 aliphatic rings. The third-order valence-corrected chi connectivity index (χ3v) is 2.93. The number of rotatable bonds is 2. The highest BCUT2D eigenvalue weighted by Crippen LogP contribution is 2.40. The minimum absolute atomic E-state index is 0. The predicted molar refractivity (Wildman–Crippen MR) is 51.6 cm³/mol. The Morgan fingerprint density at radius 1 is 1.25 bits per heavy atom. The van der Waals surface area contributed by atoms with Crippen LogP contribution in [0.2, 0.25) is 0 Å². The van der Waals surface area contributed by atoms with Crippen molar-refractivity contribution in [3.8, 4) is 0 Å². The average molecular weight is 192 g/mol. The first-order valence-electron chi connectivity index (χ1n) is 4.65. The van der Waals surface area contributed by atoms with Crippen molar-refractivity contribution >= 4 is 12.4 Å².